The lowest BCUT2D eigenvalue weighted by molar-refractivity contribution is 0.582. The van der Waals surface area contributed by atoms with Gasteiger partial charge in [0.1, 0.15) is 18.5 Å². The Hall–Kier alpha value is -1.87. The molecule has 2 aromatic heterocycles. The van der Waals surface area contributed by atoms with E-state index < -0.39 is 7.14 Å². The molecule has 0 spiro atoms. The van der Waals surface area contributed by atoms with Gasteiger partial charge in [0, 0.05) is 29.4 Å². The second-order valence-corrected chi connectivity index (χ2v) is 9.79. The summed E-state index contributed by atoms with van der Waals surface area (Å²) < 4.78 is 13.0. The third kappa shape index (κ3) is 2.82. The number of fused-ring (bicyclic) bond motifs is 3. The lowest BCUT2D eigenvalue weighted by Gasteiger charge is -2.15. The van der Waals surface area contributed by atoms with E-state index in [2.05, 4.69) is 21.9 Å². The van der Waals surface area contributed by atoms with Crippen LogP contribution < -0.4 is 11.0 Å². The molecule has 0 saturated carbocycles. The number of unbranched alkanes of at least 4 members (excludes halogenated alkanes) is 1. The predicted octanol–water partition coefficient (Wildman–Crippen LogP) is 4.06. The van der Waals surface area contributed by atoms with E-state index in [1.54, 1.807) is 0 Å². The molecule has 0 unspecified atom stereocenters. The zero-order valence-corrected chi connectivity index (χ0v) is 15.5. The molecule has 3 aromatic rings. The van der Waals surface area contributed by atoms with Crippen molar-refractivity contribution in [1.29, 1.82) is 0 Å². The number of H-pyrrole nitrogens is 1. The summed E-state index contributed by atoms with van der Waals surface area (Å²) in [5.41, 5.74) is 8.57. The highest BCUT2D eigenvalue weighted by Crippen LogP contribution is 2.44. The van der Waals surface area contributed by atoms with Crippen LogP contribution in [0.4, 0.5) is 5.82 Å². The van der Waals surface area contributed by atoms with E-state index in [0.29, 0.717) is 18.1 Å². The van der Waals surface area contributed by atoms with Crippen molar-refractivity contribution >= 4 is 40.2 Å². The maximum Gasteiger partial charge on any atom is 0.152 e. The summed E-state index contributed by atoms with van der Waals surface area (Å²) in [4.78, 5) is 12.5. The topological polar surface area (TPSA) is 84.7 Å². The molecule has 24 heavy (non-hydrogen) atoms. The average Bonchev–Trinajstić information content (AvgIpc) is 3.04. The van der Waals surface area contributed by atoms with Gasteiger partial charge in [-0.1, -0.05) is 33.3 Å². The van der Waals surface area contributed by atoms with Crippen LogP contribution in [0.15, 0.2) is 18.2 Å². The van der Waals surface area contributed by atoms with E-state index in [1.807, 2.05) is 32.0 Å². The SMILES string of the molecule is CCCCc1nc2c(N)nc3cc(P(=O)(CC)CC)ccc3c2[nH]1. The summed E-state index contributed by atoms with van der Waals surface area (Å²) in [7, 11) is -2.33. The van der Waals surface area contributed by atoms with Crippen molar-refractivity contribution in [3.63, 3.8) is 0 Å². The Morgan fingerprint density at radius 3 is 2.58 bits per heavy atom. The van der Waals surface area contributed by atoms with Crippen LogP contribution in [0.3, 0.4) is 0 Å². The lowest BCUT2D eigenvalue weighted by atomic mass is 10.2. The molecule has 0 atom stereocenters. The van der Waals surface area contributed by atoms with Crippen LogP contribution in [0.5, 0.6) is 0 Å². The average molecular weight is 344 g/mol. The number of nitrogens with one attached hydrogen (secondary N) is 1. The van der Waals surface area contributed by atoms with Gasteiger partial charge >= 0.3 is 0 Å². The normalized spacial score (nSPS) is 12.3. The van der Waals surface area contributed by atoms with E-state index in [1.165, 1.54) is 0 Å². The smallest absolute Gasteiger partial charge is 0.152 e. The lowest BCUT2D eigenvalue weighted by Crippen LogP contribution is -2.09. The molecule has 128 valence electrons. The Balaban J connectivity index is 2.18. The van der Waals surface area contributed by atoms with Crippen molar-refractivity contribution in [3.05, 3.63) is 24.0 Å². The molecule has 0 aliphatic rings. The molecule has 0 aliphatic heterocycles. The maximum absolute atomic E-state index is 13.0. The van der Waals surface area contributed by atoms with Crippen molar-refractivity contribution < 1.29 is 4.57 Å². The van der Waals surface area contributed by atoms with Crippen molar-refractivity contribution in [2.75, 3.05) is 18.1 Å². The number of nitrogen functional groups attached to an aromatic ring is 1. The largest absolute Gasteiger partial charge is 0.382 e. The number of imidazole rings is 1. The summed E-state index contributed by atoms with van der Waals surface area (Å²) in [6, 6.07) is 5.91. The van der Waals surface area contributed by atoms with Gasteiger partial charge in [0.05, 0.1) is 11.0 Å². The number of benzene rings is 1. The van der Waals surface area contributed by atoms with Gasteiger partial charge in [-0.2, -0.15) is 0 Å². The Bertz CT molecular complexity index is 924. The number of hydrogen-bond donors (Lipinski definition) is 2. The molecule has 5 nitrogen and oxygen atoms in total. The highest BCUT2D eigenvalue weighted by atomic mass is 31.2. The van der Waals surface area contributed by atoms with Gasteiger partial charge in [-0.3, -0.25) is 0 Å². The third-order valence-corrected chi connectivity index (χ3v) is 8.01. The number of aryl methyl sites for hydroxylation is 1. The Kier molecular flexibility index (Phi) is 4.64. The summed E-state index contributed by atoms with van der Waals surface area (Å²) >= 11 is 0. The van der Waals surface area contributed by atoms with Gasteiger partial charge in [0.15, 0.2) is 5.82 Å². The first kappa shape index (κ1) is 17.0. The molecular weight excluding hydrogens is 319 g/mol. The first-order chi connectivity index (χ1) is 11.5. The summed E-state index contributed by atoms with van der Waals surface area (Å²) in [5, 5.41) is 1.87. The summed E-state index contributed by atoms with van der Waals surface area (Å²) in [6.45, 7) is 6.12. The molecule has 0 amide bonds. The van der Waals surface area contributed by atoms with E-state index in [4.69, 9.17) is 5.73 Å². The zero-order valence-electron chi connectivity index (χ0n) is 14.6. The quantitative estimate of drug-likeness (QED) is 0.660. The second-order valence-electron chi connectivity index (χ2n) is 6.23. The Labute approximate surface area is 142 Å². The number of aromatic amines is 1. The highest BCUT2D eigenvalue weighted by molar-refractivity contribution is 7.71. The molecule has 0 fully saturated rings. The molecule has 0 aliphatic carbocycles. The first-order valence-corrected chi connectivity index (χ1v) is 10.8. The first-order valence-electron chi connectivity index (χ1n) is 8.68. The van der Waals surface area contributed by atoms with Crippen LogP contribution in [0.2, 0.25) is 0 Å². The minimum atomic E-state index is -2.33. The van der Waals surface area contributed by atoms with E-state index in [9.17, 15) is 4.57 Å². The van der Waals surface area contributed by atoms with Crippen LogP contribution in [0.1, 0.15) is 39.4 Å². The maximum atomic E-state index is 13.0. The fraction of sp³-hybridized carbons (Fsp3) is 0.444. The van der Waals surface area contributed by atoms with Crippen LogP contribution in [0.25, 0.3) is 21.9 Å². The van der Waals surface area contributed by atoms with Crippen molar-refractivity contribution in [2.24, 2.45) is 0 Å². The van der Waals surface area contributed by atoms with Gasteiger partial charge < -0.3 is 15.3 Å². The van der Waals surface area contributed by atoms with Gasteiger partial charge in [-0.25, -0.2) is 9.97 Å². The molecule has 0 bridgehead atoms. The van der Waals surface area contributed by atoms with Crippen molar-refractivity contribution in [2.45, 2.75) is 40.0 Å². The second kappa shape index (κ2) is 6.56. The van der Waals surface area contributed by atoms with Crippen molar-refractivity contribution in [3.8, 4) is 0 Å². The van der Waals surface area contributed by atoms with E-state index in [0.717, 1.165) is 52.3 Å². The molecule has 6 heteroatoms. The Morgan fingerprint density at radius 1 is 1.17 bits per heavy atom. The summed E-state index contributed by atoms with van der Waals surface area (Å²) in [6.07, 6.45) is 4.45. The van der Waals surface area contributed by atoms with Crippen LogP contribution in [-0.2, 0) is 11.0 Å². The number of pyridine rings is 1. The van der Waals surface area contributed by atoms with Crippen LogP contribution in [0, 0.1) is 0 Å². The molecule has 3 N–H and O–H groups in total. The summed E-state index contributed by atoms with van der Waals surface area (Å²) in [5.74, 6) is 1.38. The van der Waals surface area contributed by atoms with Gasteiger partial charge in [-0.15, -0.1) is 0 Å². The highest BCUT2D eigenvalue weighted by Gasteiger charge is 2.21. The van der Waals surface area contributed by atoms with Gasteiger partial charge in [0.25, 0.3) is 0 Å². The van der Waals surface area contributed by atoms with Crippen LogP contribution >= 0.6 is 7.14 Å². The molecule has 0 saturated heterocycles. The standard InChI is InChI=1S/C18H25N4OP/c1-4-7-8-15-21-16-13-10-9-12(24(23,5-2)6-3)11-14(13)20-18(19)17(16)22-15/h9-11H,4-8H2,1-3H3,(H2,19,20)(H,21,22). The number of anilines is 1. The van der Waals surface area contributed by atoms with Crippen LogP contribution in [-0.4, -0.2) is 27.3 Å². The van der Waals surface area contributed by atoms with E-state index >= 15 is 0 Å². The minimum absolute atomic E-state index is 0.427. The number of nitrogens with zero attached hydrogens (tertiary/aromatic N) is 2. The van der Waals surface area contributed by atoms with Crippen molar-refractivity contribution in [1.82, 2.24) is 15.0 Å². The third-order valence-electron chi connectivity index (χ3n) is 4.75. The molecule has 1 aromatic carbocycles. The molecule has 3 rings (SSSR count). The predicted molar refractivity (Wildman–Crippen MR) is 103 cm³/mol. The minimum Gasteiger partial charge on any atom is -0.382 e. The molecular formula is C18H25N4OP. The fourth-order valence-corrected chi connectivity index (χ4v) is 5.00. The van der Waals surface area contributed by atoms with E-state index in [-0.39, 0.29) is 0 Å². The molecule has 0 radical (unpaired) electrons. The number of rotatable bonds is 6. The number of hydrogen-bond acceptors (Lipinski definition) is 4. The van der Waals surface area contributed by atoms with Gasteiger partial charge in [-0.05, 0) is 18.6 Å². The Morgan fingerprint density at radius 2 is 1.92 bits per heavy atom. The van der Waals surface area contributed by atoms with Gasteiger partial charge in [0.2, 0.25) is 0 Å². The monoisotopic (exact) mass is 344 g/mol. The zero-order chi connectivity index (χ0) is 17.3. The number of aromatic nitrogens is 3. The fourth-order valence-electron chi connectivity index (χ4n) is 3.11. The molecule has 2 heterocycles. The number of nitrogens with two attached hydrogens (primary N) is 1.